The molecule has 3 rings (SSSR count). The highest BCUT2D eigenvalue weighted by atomic mass is 19.1. The van der Waals surface area contributed by atoms with Crippen LogP contribution in [-0.2, 0) is 4.79 Å². The Morgan fingerprint density at radius 3 is 2.29 bits per heavy atom. The van der Waals surface area contributed by atoms with Crippen LogP contribution in [0.1, 0.15) is 30.1 Å². The summed E-state index contributed by atoms with van der Waals surface area (Å²) in [5, 5.41) is 4.89. The predicted octanol–water partition coefficient (Wildman–Crippen LogP) is 3.84. The number of halogens is 1. The minimum atomic E-state index is -0.467. The summed E-state index contributed by atoms with van der Waals surface area (Å²) in [6.07, 6.45) is 0. The molecule has 4 nitrogen and oxygen atoms in total. The fraction of sp³-hybridized carbons (Fsp3) is 0.174. The zero-order valence-corrected chi connectivity index (χ0v) is 15.9. The molecule has 0 unspecified atom stereocenters. The van der Waals surface area contributed by atoms with Crippen LogP contribution in [0.2, 0.25) is 0 Å². The van der Waals surface area contributed by atoms with Crippen molar-refractivity contribution in [1.29, 1.82) is 0 Å². The molecule has 0 saturated heterocycles. The average molecular weight is 379 g/mol. The Morgan fingerprint density at radius 2 is 1.61 bits per heavy atom. The monoisotopic (exact) mass is 379 g/mol. The SMILES string of the molecule is COc1ccccc1[C@H](C)[NH2+][C@H](C(=O)Nc1ccc(F)cc1)c1ccccc1. The maximum atomic E-state index is 13.1. The lowest BCUT2D eigenvalue weighted by Crippen LogP contribution is -2.87. The van der Waals surface area contributed by atoms with Crippen LogP contribution >= 0.6 is 0 Å². The molecule has 0 aliphatic rings. The van der Waals surface area contributed by atoms with E-state index in [0.717, 1.165) is 16.9 Å². The minimum absolute atomic E-state index is 0.0136. The van der Waals surface area contributed by atoms with Gasteiger partial charge in [0.15, 0.2) is 6.04 Å². The molecule has 0 saturated carbocycles. The van der Waals surface area contributed by atoms with Crippen molar-refractivity contribution in [2.45, 2.75) is 19.0 Å². The first-order valence-corrected chi connectivity index (χ1v) is 9.17. The highest BCUT2D eigenvalue weighted by Crippen LogP contribution is 2.23. The first-order chi connectivity index (χ1) is 13.6. The summed E-state index contributed by atoms with van der Waals surface area (Å²) in [6.45, 7) is 2.04. The second-order valence-electron chi connectivity index (χ2n) is 6.61. The molecule has 2 atom stereocenters. The number of methoxy groups -OCH3 is 1. The summed E-state index contributed by atoms with van der Waals surface area (Å²) in [4.78, 5) is 13.1. The fourth-order valence-corrected chi connectivity index (χ4v) is 3.20. The molecule has 28 heavy (non-hydrogen) atoms. The van der Waals surface area contributed by atoms with Gasteiger partial charge in [-0.25, -0.2) is 4.39 Å². The van der Waals surface area contributed by atoms with Crippen LogP contribution in [0.5, 0.6) is 5.75 Å². The summed E-state index contributed by atoms with van der Waals surface area (Å²) in [7, 11) is 1.64. The number of nitrogens with one attached hydrogen (secondary N) is 1. The Balaban J connectivity index is 1.85. The van der Waals surface area contributed by atoms with E-state index in [0.29, 0.717) is 5.69 Å². The van der Waals surface area contributed by atoms with Gasteiger partial charge in [-0.15, -0.1) is 0 Å². The average Bonchev–Trinajstić information content (AvgIpc) is 2.74. The van der Waals surface area contributed by atoms with E-state index in [1.165, 1.54) is 12.1 Å². The number of anilines is 1. The molecule has 0 fully saturated rings. The van der Waals surface area contributed by atoms with Crippen LogP contribution in [0, 0.1) is 5.82 Å². The molecule has 1 amide bonds. The van der Waals surface area contributed by atoms with Gasteiger partial charge in [0.25, 0.3) is 5.91 Å². The number of hydrogen-bond acceptors (Lipinski definition) is 2. The fourth-order valence-electron chi connectivity index (χ4n) is 3.20. The summed E-state index contributed by atoms with van der Waals surface area (Å²) in [5.41, 5.74) is 2.47. The number of nitrogens with two attached hydrogens (primary N) is 1. The van der Waals surface area contributed by atoms with E-state index >= 15 is 0 Å². The molecule has 3 aromatic rings. The number of amides is 1. The molecule has 0 aliphatic heterocycles. The van der Waals surface area contributed by atoms with Gasteiger partial charge < -0.3 is 15.4 Å². The molecule has 3 N–H and O–H groups in total. The van der Waals surface area contributed by atoms with Gasteiger partial charge in [-0.1, -0.05) is 42.5 Å². The van der Waals surface area contributed by atoms with Gasteiger partial charge in [-0.3, -0.25) is 4.79 Å². The van der Waals surface area contributed by atoms with Gasteiger partial charge in [0.1, 0.15) is 17.6 Å². The first-order valence-electron chi connectivity index (χ1n) is 9.17. The zero-order valence-electron chi connectivity index (χ0n) is 15.9. The van der Waals surface area contributed by atoms with Crippen LogP contribution in [0.4, 0.5) is 10.1 Å². The smallest absolute Gasteiger partial charge is 0.287 e. The maximum absolute atomic E-state index is 13.1. The van der Waals surface area contributed by atoms with Crippen LogP contribution in [0.15, 0.2) is 78.9 Å². The van der Waals surface area contributed by atoms with E-state index in [4.69, 9.17) is 4.74 Å². The summed E-state index contributed by atoms with van der Waals surface area (Å²) in [5.74, 6) is 0.283. The molecule has 0 aliphatic carbocycles. The van der Waals surface area contributed by atoms with Crippen LogP contribution in [-0.4, -0.2) is 13.0 Å². The van der Waals surface area contributed by atoms with Crippen molar-refractivity contribution in [1.82, 2.24) is 0 Å². The highest BCUT2D eigenvalue weighted by Gasteiger charge is 2.28. The van der Waals surface area contributed by atoms with Gasteiger partial charge in [0.2, 0.25) is 0 Å². The van der Waals surface area contributed by atoms with Gasteiger partial charge in [-0.2, -0.15) is 0 Å². The topological polar surface area (TPSA) is 54.9 Å². The number of carbonyl (C=O) groups is 1. The third kappa shape index (κ3) is 4.75. The molecule has 0 bridgehead atoms. The van der Waals surface area contributed by atoms with Gasteiger partial charge in [-0.05, 0) is 43.3 Å². The van der Waals surface area contributed by atoms with E-state index in [2.05, 4.69) is 5.32 Å². The number of ether oxygens (including phenoxy) is 1. The highest BCUT2D eigenvalue weighted by molar-refractivity contribution is 5.94. The van der Waals surface area contributed by atoms with Crippen molar-refractivity contribution in [3.63, 3.8) is 0 Å². The standard InChI is InChI=1S/C23H23FN2O2/c1-16(20-10-6-7-11-21(20)28-2)25-22(17-8-4-3-5-9-17)23(27)26-19-14-12-18(24)13-15-19/h3-16,22,25H,1-2H3,(H,26,27)/p+1/t16-,22-/m0/s1. The van der Waals surface area contributed by atoms with Crippen molar-refractivity contribution >= 4 is 11.6 Å². The predicted molar refractivity (Wildman–Crippen MR) is 108 cm³/mol. The molecule has 5 heteroatoms. The van der Waals surface area contributed by atoms with E-state index in [1.54, 1.807) is 19.2 Å². The molecule has 0 spiro atoms. The lowest BCUT2D eigenvalue weighted by molar-refractivity contribution is -0.718. The largest absolute Gasteiger partial charge is 0.496 e. The van der Waals surface area contributed by atoms with Gasteiger partial charge in [0, 0.05) is 11.3 Å². The van der Waals surface area contributed by atoms with Crippen LogP contribution in [0.25, 0.3) is 0 Å². The van der Waals surface area contributed by atoms with E-state index < -0.39 is 6.04 Å². The Labute approximate surface area is 164 Å². The second-order valence-corrected chi connectivity index (χ2v) is 6.61. The number of carbonyl (C=O) groups excluding carboxylic acids is 1. The number of hydrogen-bond donors (Lipinski definition) is 2. The number of para-hydroxylation sites is 1. The van der Waals surface area contributed by atoms with Crippen molar-refractivity contribution in [3.8, 4) is 5.75 Å². The molecule has 0 aromatic heterocycles. The van der Waals surface area contributed by atoms with Crippen LogP contribution < -0.4 is 15.4 Å². The van der Waals surface area contributed by atoms with Gasteiger partial charge in [0.05, 0.1) is 12.7 Å². The van der Waals surface area contributed by atoms with Crippen molar-refractivity contribution in [2.75, 3.05) is 12.4 Å². The third-order valence-electron chi connectivity index (χ3n) is 4.66. The molecular weight excluding hydrogens is 355 g/mol. The third-order valence-corrected chi connectivity index (χ3v) is 4.66. The van der Waals surface area contributed by atoms with Gasteiger partial charge >= 0.3 is 0 Å². The first kappa shape index (κ1) is 19.6. The summed E-state index contributed by atoms with van der Waals surface area (Å²) < 4.78 is 18.6. The van der Waals surface area contributed by atoms with Crippen molar-refractivity contribution in [3.05, 3.63) is 95.8 Å². The summed E-state index contributed by atoms with van der Waals surface area (Å²) in [6, 6.07) is 22.7. The molecule has 0 heterocycles. The van der Waals surface area contributed by atoms with Crippen molar-refractivity contribution in [2.24, 2.45) is 0 Å². The Morgan fingerprint density at radius 1 is 0.964 bits per heavy atom. The summed E-state index contributed by atoms with van der Waals surface area (Å²) >= 11 is 0. The normalized spacial score (nSPS) is 12.8. The molecule has 3 aromatic carbocycles. The number of quaternary nitrogens is 1. The Bertz CT molecular complexity index is 913. The quantitative estimate of drug-likeness (QED) is 0.655. The lowest BCUT2D eigenvalue weighted by atomic mass is 10.0. The molecular formula is C23H24FN2O2+. The number of benzene rings is 3. The molecule has 0 radical (unpaired) electrons. The van der Waals surface area contributed by atoms with E-state index in [1.807, 2.05) is 66.8 Å². The number of rotatable bonds is 7. The second kappa shape index (κ2) is 9.15. The Hall–Kier alpha value is -3.18. The lowest BCUT2D eigenvalue weighted by Gasteiger charge is -2.21. The maximum Gasteiger partial charge on any atom is 0.287 e. The zero-order chi connectivity index (χ0) is 19.9. The van der Waals surface area contributed by atoms with Crippen LogP contribution in [0.3, 0.4) is 0 Å². The Kier molecular flexibility index (Phi) is 6.40. The van der Waals surface area contributed by atoms with E-state index in [-0.39, 0.29) is 17.8 Å². The van der Waals surface area contributed by atoms with Crippen molar-refractivity contribution < 1.29 is 19.2 Å². The van der Waals surface area contributed by atoms with E-state index in [9.17, 15) is 9.18 Å². The minimum Gasteiger partial charge on any atom is -0.496 e. The molecule has 144 valence electrons.